The molecule has 0 bridgehead atoms. The number of carbonyl (C=O) groups is 3. The van der Waals surface area contributed by atoms with E-state index in [9.17, 15) is 24.3 Å². The zero-order valence-electron chi connectivity index (χ0n) is 17.4. The minimum absolute atomic E-state index is 0.00901. The van der Waals surface area contributed by atoms with E-state index in [0.29, 0.717) is 19.4 Å². The molecule has 164 valence electrons. The van der Waals surface area contributed by atoms with Gasteiger partial charge in [-0.15, -0.1) is 0 Å². The predicted molar refractivity (Wildman–Crippen MR) is 108 cm³/mol. The van der Waals surface area contributed by atoms with Gasteiger partial charge in [-0.05, 0) is 45.7 Å². The Hall–Kier alpha value is -3.69. The summed E-state index contributed by atoms with van der Waals surface area (Å²) in [7, 11) is 0. The molecule has 2 aromatic rings. The fourth-order valence-corrected chi connectivity index (χ4v) is 3.19. The molecule has 0 spiro atoms. The average Bonchev–Trinajstić information content (AvgIpc) is 3.18. The lowest BCUT2D eigenvalue weighted by Gasteiger charge is -2.28. The Labute approximate surface area is 177 Å². The molecule has 1 amide bonds. The van der Waals surface area contributed by atoms with Crippen molar-refractivity contribution in [1.82, 2.24) is 14.9 Å². The van der Waals surface area contributed by atoms with Gasteiger partial charge in [0.1, 0.15) is 11.4 Å². The van der Waals surface area contributed by atoms with Gasteiger partial charge < -0.3 is 19.6 Å². The van der Waals surface area contributed by atoms with E-state index in [1.807, 2.05) is 0 Å². The quantitative estimate of drug-likeness (QED) is 0.707. The monoisotopic (exact) mass is 429 g/mol. The van der Waals surface area contributed by atoms with E-state index in [2.05, 4.69) is 9.97 Å². The van der Waals surface area contributed by atoms with Gasteiger partial charge in [0.05, 0.1) is 11.6 Å². The van der Waals surface area contributed by atoms with Crippen LogP contribution in [0, 0.1) is 0 Å². The van der Waals surface area contributed by atoms with Gasteiger partial charge in [0, 0.05) is 6.54 Å². The Morgan fingerprint density at radius 2 is 1.87 bits per heavy atom. The number of nitrogens with zero attached hydrogens (tertiary/aromatic N) is 2. The second-order valence-electron chi connectivity index (χ2n) is 8.02. The van der Waals surface area contributed by atoms with Crippen LogP contribution in [0.2, 0.25) is 0 Å². The number of likely N-dealkylation sites (tertiary alicyclic amines) is 1. The molecule has 1 atom stereocenters. The molecule has 1 fully saturated rings. The van der Waals surface area contributed by atoms with Crippen molar-refractivity contribution < 1.29 is 29.0 Å². The number of ether oxygens (including phenoxy) is 2. The van der Waals surface area contributed by atoms with Crippen molar-refractivity contribution in [3.05, 3.63) is 57.8 Å². The summed E-state index contributed by atoms with van der Waals surface area (Å²) in [6.45, 7) is 5.56. The molecule has 1 aromatic carbocycles. The van der Waals surface area contributed by atoms with Crippen LogP contribution in [0.3, 0.4) is 0 Å². The fourth-order valence-electron chi connectivity index (χ4n) is 3.19. The van der Waals surface area contributed by atoms with Gasteiger partial charge in [0.2, 0.25) is 5.75 Å². The molecule has 10 heteroatoms. The van der Waals surface area contributed by atoms with Crippen LogP contribution in [-0.2, 0) is 4.74 Å². The van der Waals surface area contributed by atoms with Gasteiger partial charge >= 0.3 is 18.0 Å². The van der Waals surface area contributed by atoms with E-state index in [1.54, 1.807) is 39.0 Å². The molecule has 0 aliphatic carbocycles. The molecular formula is C21H23N3O7. The number of esters is 1. The SMILES string of the molecule is CC(C)(C)OC(=O)N1CCCC1c1nc(C(=O)O)c(OC(=O)c2ccccc2)c(=O)[nH]1. The molecule has 1 aromatic heterocycles. The number of aromatic amines is 1. The lowest BCUT2D eigenvalue weighted by atomic mass is 10.2. The maximum atomic E-state index is 12.6. The van der Waals surface area contributed by atoms with Crippen molar-refractivity contribution in [2.75, 3.05) is 6.54 Å². The van der Waals surface area contributed by atoms with E-state index in [4.69, 9.17) is 9.47 Å². The number of carboxylic acids is 1. The highest BCUT2D eigenvalue weighted by Crippen LogP contribution is 2.31. The molecule has 0 radical (unpaired) electrons. The third-order valence-corrected chi connectivity index (χ3v) is 4.50. The van der Waals surface area contributed by atoms with Gasteiger partial charge in [0.25, 0.3) is 5.56 Å². The number of aromatic carboxylic acids is 1. The van der Waals surface area contributed by atoms with Gasteiger partial charge in [-0.2, -0.15) is 0 Å². The first-order valence-electron chi connectivity index (χ1n) is 9.71. The third-order valence-electron chi connectivity index (χ3n) is 4.50. The molecule has 10 nitrogen and oxygen atoms in total. The molecule has 0 saturated carbocycles. The molecule has 3 rings (SSSR count). The summed E-state index contributed by atoms with van der Waals surface area (Å²) in [6, 6.07) is 7.17. The van der Waals surface area contributed by atoms with Crippen LogP contribution >= 0.6 is 0 Å². The normalized spacial score (nSPS) is 16.1. The average molecular weight is 429 g/mol. The lowest BCUT2D eigenvalue weighted by Crippen LogP contribution is -2.37. The van der Waals surface area contributed by atoms with E-state index >= 15 is 0 Å². The second kappa shape index (κ2) is 8.58. The number of nitrogens with one attached hydrogen (secondary N) is 1. The van der Waals surface area contributed by atoms with Gasteiger partial charge in [0.15, 0.2) is 5.69 Å². The Bertz CT molecular complexity index is 1060. The Morgan fingerprint density at radius 3 is 2.48 bits per heavy atom. The Kier molecular flexibility index (Phi) is 6.09. The number of hydrogen-bond donors (Lipinski definition) is 2. The molecule has 2 N–H and O–H groups in total. The van der Waals surface area contributed by atoms with Crippen LogP contribution in [0.5, 0.6) is 5.75 Å². The van der Waals surface area contributed by atoms with Crippen LogP contribution < -0.4 is 10.3 Å². The molecule has 31 heavy (non-hydrogen) atoms. The maximum Gasteiger partial charge on any atom is 0.410 e. The number of H-pyrrole nitrogens is 1. The molecule has 1 aliphatic rings. The predicted octanol–water partition coefficient (Wildman–Crippen LogP) is 2.76. The van der Waals surface area contributed by atoms with Gasteiger partial charge in [-0.25, -0.2) is 19.4 Å². The summed E-state index contributed by atoms with van der Waals surface area (Å²) in [5.41, 5.74) is -2.21. The van der Waals surface area contributed by atoms with Gasteiger partial charge in [-0.1, -0.05) is 18.2 Å². The van der Waals surface area contributed by atoms with Crippen LogP contribution in [-0.4, -0.2) is 50.2 Å². The van der Waals surface area contributed by atoms with Crippen molar-refractivity contribution in [2.45, 2.75) is 45.3 Å². The first kappa shape index (κ1) is 22.0. The van der Waals surface area contributed by atoms with Crippen molar-refractivity contribution >= 4 is 18.0 Å². The molecule has 1 saturated heterocycles. The van der Waals surface area contributed by atoms with E-state index in [-0.39, 0.29) is 11.4 Å². The van der Waals surface area contributed by atoms with Crippen LogP contribution in [0.4, 0.5) is 4.79 Å². The fraction of sp³-hybridized carbons (Fsp3) is 0.381. The van der Waals surface area contributed by atoms with Crippen molar-refractivity contribution in [1.29, 1.82) is 0 Å². The Morgan fingerprint density at radius 1 is 1.19 bits per heavy atom. The number of aromatic nitrogens is 2. The summed E-state index contributed by atoms with van der Waals surface area (Å²) >= 11 is 0. The zero-order chi connectivity index (χ0) is 22.8. The number of rotatable bonds is 4. The highest BCUT2D eigenvalue weighted by atomic mass is 16.6. The lowest BCUT2D eigenvalue weighted by molar-refractivity contribution is 0.0218. The number of hydrogen-bond acceptors (Lipinski definition) is 7. The number of amides is 1. The Balaban J connectivity index is 1.93. The van der Waals surface area contributed by atoms with Crippen LogP contribution in [0.15, 0.2) is 35.1 Å². The molecule has 1 aliphatic heterocycles. The largest absolute Gasteiger partial charge is 0.476 e. The maximum absolute atomic E-state index is 12.6. The zero-order valence-corrected chi connectivity index (χ0v) is 17.4. The number of benzene rings is 1. The van der Waals surface area contributed by atoms with E-state index in [0.717, 1.165) is 0 Å². The summed E-state index contributed by atoms with van der Waals surface area (Å²) < 4.78 is 10.4. The molecule has 2 heterocycles. The number of carbonyl (C=O) groups excluding carboxylic acids is 2. The second-order valence-corrected chi connectivity index (χ2v) is 8.02. The standard InChI is InChI=1S/C21H23N3O7/c1-21(2,3)31-20(29)24-11-7-10-13(24)16-22-14(18(26)27)15(17(25)23-16)30-19(28)12-8-5-4-6-9-12/h4-6,8-9,13H,7,10-11H2,1-3H3,(H,26,27)(H,22,23,25). The first-order chi connectivity index (χ1) is 14.6. The topological polar surface area (TPSA) is 139 Å². The van der Waals surface area contributed by atoms with Crippen molar-refractivity contribution in [3.8, 4) is 5.75 Å². The van der Waals surface area contributed by atoms with Crippen LogP contribution in [0.25, 0.3) is 0 Å². The van der Waals surface area contributed by atoms with E-state index < -0.39 is 46.7 Å². The highest BCUT2D eigenvalue weighted by Gasteiger charge is 2.36. The van der Waals surface area contributed by atoms with Gasteiger partial charge in [-0.3, -0.25) is 9.69 Å². The summed E-state index contributed by atoms with van der Waals surface area (Å²) in [6.07, 6.45) is 0.500. The van der Waals surface area contributed by atoms with Crippen LogP contribution in [0.1, 0.15) is 66.3 Å². The summed E-state index contributed by atoms with van der Waals surface area (Å²) in [4.78, 5) is 57.0. The summed E-state index contributed by atoms with van der Waals surface area (Å²) in [5.74, 6) is -3.15. The van der Waals surface area contributed by atoms with Crippen molar-refractivity contribution in [2.24, 2.45) is 0 Å². The number of carboxylic acid groups (broad SMARTS) is 1. The molecular weight excluding hydrogens is 406 g/mol. The highest BCUT2D eigenvalue weighted by molar-refractivity contribution is 5.94. The summed E-state index contributed by atoms with van der Waals surface area (Å²) in [5, 5.41) is 9.56. The minimum atomic E-state index is -1.54. The minimum Gasteiger partial charge on any atom is -0.476 e. The molecule has 1 unspecified atom stereocenters. The van der Waals surface area contributed by atoms with E-state index in [1.165, 1.54) is 17.0 Å². The smallest absolute Gasteiger partial charge is 0.410 e. The first-order valence-corrected chi connectivity index (χ1v) is 9.71. The third kappa shape index (κ3) is 5.08. The van der Waals surface area contributed by atoms with Crippen molar-refractivity contribution in [3.63, 3.8) is 0 Å².